The second-order valence-electron chi connectivity index (χ2n) is 5.78. The van der Waals surface area contributed by atoms with Gasteiger partial charge in [-0.15, -0.1) is 0 Å². The van der Waals surface area contributed by atoms with Crippen LogP contribution in [0.2, 0.25) is 0 Å². The van der Waals surface area contributed by atoms with Crippen molar-refractivity contribution in [2.45, 2.75) is 24.2 Å². The highest BCUT2D eigenvalue weighted by molar-refractivity contribution is 14.2. The van der Waals surface area contributed by atoms with Crippen LogP contribution in [0.1, 0.15) is 24.0 Å². The van der Waals surface area contributed by atoms with Gasteiger partial charge in [-0.05, 0) is 42.1 Å². The molecule has 2 aromatic rings. The minimum absolute atomic E-state index is 0.0200. The maximum atomic E-state index is 12.0. The number of halogens is 1. The summed E-state index contributed by atoms with van der Waals surface area (Å²) in [5.41, 5.74) is 1.72. The van der Waals surface area contributed by atoms with E-state index < -0.39 is 14.1 Å². The van der Waals surface area contributed by atoms with E-state index in [1.807, 2.05) is 6.07 Å². The Balaban J connectivity index is 1.91. The zero-order chi connectivity index (χ0) is 20.0. The molecule has 0 atom stereocenters. The molecule has 0 aliphatic rings. The summed E-state index contributed by atoms with van der Waals surface area (Å²) in [5, 5.41) is 29.9. The number of nitriles is 1. The number of amides is 1. The van der Waals surface area contributed by atoms with Gasteiger partial charge in [-0.2, -0.15) is 5.26 Å². The predicted molar refractivity (Wildman–Crippen MR) is 110 cm³/mol. The minimum atomic E-state index is -3.54. The van der Waals surface area contributed by atoms with Gasteiger partial charge in [-0.1, -0.05) is 24.3 Å². The molecule has 140 valence electrons. The monoisotopic (exact) mass is 498 g/mol. The number of carbonyl (C=O) groups excluding carboxylic acids is 1. The third-order valence-corrected chi connectivity index (χ3v) is 6.10. The lowest BCUT2D eigenvalue weighted by atomic mass is 9.80. The quantitative estimate of drug-likeness (QED) is 0.301. The fourth-order valence-electron chi connectivity index (χ4n) is 2.44. The fourth-order valence-corrected chi connectivity index (χ4v) is 4.19. The lowest BCUT2D eigenvalue weighted by Gasteiger charge is -2.08. The number of hydrogen-bond acceptors (Lipinski definition) is 6. The number of hydrogen-bond donors (Lipinski definition) is 3. The second-order valence-corrected chi connectivity index (χ2v) is 10.6. The van der Waals surface area contributed by atoms with Crippen molar-refractivity contribution in [3.05, 3.63) is 53.6 Å². The van der Waals surface area contributed by atoms with Gasteiger partial charge in [-0.3, -0.25) is 4.79 Å². The Bertz CT molecular complexity index is 972. The van der Waals surface area contributed by atoms with E-state index in [9.17, 15) is 13.2 Å². The summed E-state index contributed by atoms with van der Waals surface area (Å²) < 4.78 is 23.2. The van der Waals surface area contributed by atoms with Crippen molar-refractivity contribution in [2.75, 3.05) is 5.32 Å². The summed E-state index contributed by atoms with van der Waals surface area (Å²) in [4.78, 5) is 12.0. The number of benzene rings is 2. The Morgan fingerprint density at radius 1 is 1.19 bits per heavy atom. The van der Waals surface area contributed by atoms with Gasteiger partial charge in [0.25, 0.3) is 0 Å². The van der Waals surface area contributed by atoms with Gasteiger partial charge < -0.3 is 15.4 Å². The van der Waals surface area contributed by atoms with Gasteiger partial charge in [0.2, 0.25) is 12.9 Å². The molecule has 2 aromatic carbocycles. The maximum absolute atomic E-state index is 12.0. The minimum Gasteiger partial charge on any atom is -0.423 e. The van der Waals surface area contributed by atoms with Crippen molar-refractivity contribution >= 4 is 52.4 Å². The van der Waals surface area contributed by atoms with Crippen molar-refractivity contribution in [3.63, 3.8) is 0 Å². The van der Waals surface area contributed by atoms with Gasteiger partial charge in [0.1, 0.15) is 6.07 Å². The van der Waals surface area contributed by atoms with Crippen LogP contribution in [0.15, 0.2) is 47.4 Å². The van der Waals surface area contributed by atoms with Crippen LogP contribution >= 0.6 is 21.2 Å². The number of nitrogens with one attached hydrogen (secondary N) is 1. The Morgan fingerprint density at radius 2 is 1.85 bits per heavy atom. The molecule has 0 heterocycles. The topological polar surface area (TPSA) is 127 Å². The first-order valence-electron chi connectivity index (χ1n) is 7.94. The zero-order valence-corrected chi connectivity index (χ0v) is 17.1. The van der Waals surface area contributed by atoms with Crippen LogP contribution in [0.25, 0.3) is 0 Å². The molecule has 0 saturated heterocycles. The highest BCUT2D eigenvalue weighted by atomic mass is 127. The normalized spacial score (nSPS) is 10.9. The summed E-state index contributed by atoms with van der Waals surface area (Å²) in [6, 6.07) is 12.7. The average molecular weight is 498 g/mol. The summed E-state index contributed by atoms with van der Waals surface area (Å²) >= 11 is 1.26. The second kappa shape index (κ2) is 9.32. The summed E-state index contributed by atoms with van der Waals surface area (Å²) in [6.07, 6.45) is 1.47. The number of aryl methyl sites for hydroxylation is 1. The van der Waals surface area contributed by atoms with E-state index in [4.69, 9.17) is 15.3 Å². The first-order chi connectivity index (χ1) is 12.7. The number of anilines is 1. The Morgan fingerprint density at radius 3 is 2.41 bits per heavy atom. The highest BCUT2D eigenvalue weighted by Gasteiger charge is 2.16. The third-order valence-electron chi connectivity index (χ3n) is 3.79. The van der Waals surface area contributed by atoms with Crippen LogP contribution in [-0.4, -0.2) is 31.5 Å². The van der Waals surface area contributed by atoms with Crippen LogP contribution in [0.3, 0.4) is 0 Å². The molecule has 1 amide bonds. The Labute approximate surface area is 169 Å². The molecule has 0 bridgehead atoms. The molecular weight excluding hydrogens is 482 g/mol. The number of carbonyl (C=O) groups is 1. The first kappa shape index (κ1) is 21.4. The maximum Gasteiger partial charge on any atom is 0.488 e. The molecule has 0 aliphatic heterocycles. The number of rotatable bonds is 7. The zero-order valence-electron chi connectivity index (χ0n) is 14.1. The van der Waals surface area contributed by atoms with Crippen molar-refractivity contribution in [3.8, 4) is 6.07 Å². The van der Waals surface area contributed by atoms with Crippen molar-refractivity contribution in [2.24, 2.45) is 0 Å². The van der Waals surface area contributed by atoms with Crippen LogP contribution in [-0.2, 0) is 18.2 Å². The molecule has 0 saturated carbocycles. The highest BCUT2D eigenvalue weighted by Crippen LogP contribution is 2.24. The number of nitrogens with zero attached hydrogens (tertiary/aromatic N) is 1. The lowest BCUT2D eigenvalue weighted by molar-refractivity contribution is -0.116. The van der Waals surface area contributed by atoms with Gasteiger partial charge in [0, 0.05) is 12.1 Å². The lowest BCUT2D eigenvalue weighted by Crippen LogP contribution is -2.29. The Hall–Kier alpha value is -1.94. The molecular formula is C17H16BIN2O5S. The Kier molecular flexibility index (Phi) is 7.37. The first-order valence-corrected chi connectivity index (χ1v) is 12.0. The SMILES string of the molecule is N#Cc1cc(NC(=O)CCCc2ccc(B(O)O)cc2)ccc1S(=O)(=O)I. The molecule has 3 N–H and O–H groups in total. The molecule has 7 nitrogen and oxygen atoms in total. The van der Waals surface area contributed by atoms with E-state index in [0.29, 0.717) is 24.0 Å². The molecule has 2 rings (SSSR count). The van der Waals surface area contributed by atoms with E-state index in [2.05, 4.69) is 5.32 Å². The van der Waals surface area contributed by atoms with Crippen molar-refractivity contribution in [1.82, 2.24) is 0 Å². The van der Waals surface area contributed by atoms with Gasteiger partial charge >= 0.3 is 7.12 Å². The van der Waals surface area contributed by atoms with E-state index in [1.165, 1.54) is 39.4 Å². The molecule has 0 radical (unpaired) electrons. The van der Waals surface area contributed by atoms with E-state index in [-0.39, 0.29) is 22.8 Å². The van der Waals surface area contributed by atoms with Gasteiger partial charge in [-0.25, -0.2) is 8.42 Å². The molecule has 27 heavy (non-hydrogen) atoms. The predicted octanol–water partition coefficient (Wildman–Crippen LogP) is 1.32. The van der Waals surface area contributed by atoms with Crippen LogP contribution in [0, 0.1) is 11.3 Å². The fraction of sp³-hybridized carbons (Fsp3) is 0.176. The largest absolute Gasteiger partial charge is 0.488 e. The van der Waals surface area contributed by atoms with Crippen LogP contribution < -0.4 is 10.8 Å². The smallest absolute Gasteiger partial charge is 0.423 e. The molecule has 0 aliphatic carbocycles. The van der Waals surface area contributed by atoms with E-state index in [0.717, 1.165) is 5.56 Å². The molecule has 0 fully saturated rings. The van der Waals surface area contributed by atoms with Gasteiger partial charge in [0.15, 0.2) is 0 Å². The average Bonchev–Trinajstić information content (AvgIpc) is 2.61. The summed E-state index contributed by atoms with van der Waals surface area (Å²) in [7, 11) is -5.04. The standard InChI is InChI=1S/C17H16BIN2O5S/c19-27(25,26)16-9-8-15(10-13(16)11-20)21-17(22)3-1-2-12-4-6-14(7-5-12)18(23)24/h4-10,23-24H,1-3H2,(H,21,22). The van der Waals surface area contributed by atoms with Gasteiger partial charge in [0.05, 0.1) is 31.7 Å². The van der Waals surface area contributed by atoms with Crippen LogP contribution in [0.4, 0.5) is 5.69 Å². The molecule has 0 unspecified atom stereocenters. The summed E-state index contributed by atoms with van der Waals surface area (Å²) in [5.74, 6) is -0.244. The third kappa shape index (κ3) is 6.32. The van der Waals surface area contributed by atoms with Crippen molar-refractivity contribution < 1.29 is 23.3 Å². The molecule has 0 spiro atoms. The van der Waals surface area contributed by atoms with Crippen molar-refractivity contribution in [1.29, 1.82) is 5.26 Å². The molecule has 0 aromatic heterocycles. The summed E-state index contributed by atoms with van der Waals surface area (Å²) in [6.45, 7) is 0. The van der Waals surface area contributed by atoms with Crippen LogP contribution in [0.5, 0.6) is 0 Å². The molecule has 10 heteroatoms. The van der Waals surface area contributed by atoms with E-state index in [1.54, 1.807) is 24.3 Å². The van der Waals surface area contributed by atoms with E-state index >= 15 is 0 Å².